The quantitative estimate of drug-likeness (QED) is 0.274. The van der Waals surface area contributed by atoms with Gasteiger partial charge in [0.2, 0.25) is 5.91 Å². The van der Waals surface area contributed by atoms with Crippen LogP contribution in [0.5, 0.6) is 0 Å². The highest BCUT2D eigenvalue weighted by atomic mass is 32.2. The lowest BCUT2D eigenvalue weighted by atomic mass is 10.1. The van der Waals surface area contributed by atoms with Gasteiger partial charge in [0.1, 0.15) is 17.3 Å². The third-order valence-electron chi connectivity index (χ3n) is 4.58. The van der Waals surface area contributed by atoms with Crippen molar-refractivity contribution in [2.75, 3.05) is 23.2 Å². The van der Waals surface area contributed by atoms with Crippen LogP contribution in [0.2, 0.25) is 0 Å². The Balaban J connectivity index is 2.14. The lowest BCUT2D eigenvalue weighted by Crippen LogP contribution is -2.25. The monoisotopic (exact) mass is 488 g/mol. The molecular weight excluding hydrogens is 464 g/mol. The van der Waals surface area contributed by atoms with Gasteiger partial charge in [0.05, 0.1) is 11.7 Å². The Morgan fingerprint density at radius 2 is 2.00 bits per heavy atom. The van der Waals surface area contributed by atoms with Crippen molar-refractivity contribution in [1.29, 1.82) is 0 Å². The molecule has 0 spiro atoms. The molecule has 3 N–H and O–H groups in total. The maximum Gasteiger partial charge on any atom is 0.433 e. The van der Waals surface area contributed by atoms with Crippen LogP contribution in [0.25, 0.3) is 6.08 Å². The third kappa shape index (κ3) is 7.26. The first-order valence-electron chi connectivity index (χ1n) is 9.88. The summed E-state index contributed by atoms with van der Waals surface area (Å²) in [5, 5.41) is 5.44. The van der Waals surface area contributed by atoms with Gasteiger partial charge in [0.25, 0.3) is 11.3 Å². The van der Waals surface area contributed by atoms with E-state index in [-0.39, 0.29) is 11.5 Å². The maximum atomic E-state index is 14.3. The zero-order valence-corrected chi connectivity index (χ0v) is 18.9. The molecule has 2 rings (SSSR count). The van der Waals surface area contributed by atoms with Gasteiger partial charge in [-0.25, -0.2) is 13.6 Å². The first kappa shape index (κ1) is 26.3. The highest BCUT2D eigenvalue weighted by Crippen LogP contribution is 2.30. The van der Waals surface area contributed by atoms with E-state index < -0.39 is 40.9 Å². The number of aromatic nitrogens is 1. The lowest BCUT2D eigenvalue weighted by Gasteiger charge is -2.18. The first-order valence-corrected chi connectivity index (χ1v) is 10.9. The molecule has 2 unspecified atom stereocenters. The second kappa shape index (κ2) is 11.2. The van der Waals surface area contributed by atoms with E-state index in [0.29, 0.717) is 24.1 Å². The van der Waals surface area contributed by atoms with E-state index in [1.165, 1.54) is 31.3 Å². The van der Waals surface area contributed by atoms with Gasteiger partial charge in [-0.1, -0.05) is 13.0 Å². The van der Waals surface area contributed by atoms with Crippen LogP contribution >= 0.6 is 0 Å². The number of nitrogens with zero attached hydrogens (tertiary/aromatic N) is 2. The average Bonchev–Trinajstić information content (AvgIpc) is 2.75. The largest absolute Gasteiger partial charge is 0.433 e. The number of hydrogen-bond donors (Lipinski definition) is 3. The van der Waals surface area contributed by atoms with Crippen molar-refractivity contribution in [3.63, 3.8) is 0 Å². The fourth-order valence-electron chi connectivity index (χ4n) is 2.79. The molecule has 1 amide bonds. The number of rotatable bonds is 9. The normalized spacial score (nSPS) is 13.6. The zero-order chi connectivity index (χ0) is 24.8. The molecule has 0 aliphatic carbocycles. The fraction of sp³-hybridized carbons (Fsp3) is 0.333. The predicted molar refractivity (Wildman–Crippen MR) is 119 cm³/mol. The van der Waals surface area contributed by atoms with Crippen LogP contribution in [-0.4, -0.2) is 33.2 Å². The van der Waals surface area contributed by atoms with E-state index in [1.54, 1.807) is 6.92 Å². The number of pyridine rings is 1. The van der Waals surface area contributed by atoms with Crippen molar-refractivity contribution in [1.82, 2.24) is 10.3 Å². The smallest absolute Gasteiger partial charge is 0.370 e. The van der Waals surface area contributed by atoms with Gasteiger partial charge in [-0.2, -0.15) is 13.2 Å². The van der Waals surface area contributed by atoms with Crippen LogP contribution in [0, 0.1) is 5.82 Å². The molecule has 0 radical (unpaired) electrons. The topological polar surface area (TPSA) is 94.6 Å². The SMILES string of the molecule is CCCNc1nc(C(F)(F)F)ccc1C=CC(=O)NC(C)c1ccc(N(C)S(=O)O)c(F)c1. The summed E-state index contributed by atoms with van der Waals surface area (Å²) in [7, 11) is 1.25. The highest BCUT2D eigenvalue weighted by molar-refractivity contribution is 7.80. The fourth-order valence-corrected chi connectivity index (χ4v) is 3.11. The van der Waals surface area contributed by atoms with Crippen molar-refractivity contribution < 1.29 is 31.1 Å². The predicted octanol–water partition coefficient (Wildman–Crippen LogP) is 4.52. The number of carbonyl (C=O) groups excluding carboxylic acids is 1. The number of anilines is 2. The molecule has 0 saturated heterocycles. The molecule has 2 atom stereocenters. The molecule has 0 saturated carbocycles. The van der Waals surface area contributed by atoms with Crippen molar-refractivity contribution >= 4 is 34.8 Å². The van der Waals surface area contributed by atoms with Crippen molar-refractivity contribution in [3.05, 3.63) is 59.0 Å². The minimum Gasteiger partial charge on any atom is -0.370 e. The Morgan fingerprint density at radius 3 is 2.58 bits per heavy atom. The van der Waals surface area contributed by atoms with Gasteiger partial charge in [-0.05, 0) is 49.2 Å². The minimum atomic E-state index is -4.59. The van der Waals surface area contributed by atoms with Crippen LogP contribution in [0.1, 0.15) is 43.1 Å². The van der Waals surface area contributed by atoms with E-state index in [4.69, 9.17) is 4.55 Å². The minimum absolute atomic E-state index is 0.00632. The average molecular weight is 489 g/mol. The van der Waals surface area contributed by atoms with E-state index in [1.807, 2.05) is 6.92 Å². The summed E-state index contributed by atoms with van der Waals surface area (Å²) in [4.78, 5) is 15.9. The van der Waals surface area contributed by atoms with Crippen molar-refractivity contribution in [2.45, 2.75) is 32.5 Å². The summed E-state index contributed by atoms with van der Waals surface area (Å²) in [5.74, 6) is -1.29. The van der Waals surface area contributed by atoms with E-state index in [9.17, 15) is 26.6 Å². The van der Waals surface area contributed by atoms with Gasteiger partial charge in [-0.3, -0.25) is 13.7 Å². The van der Waals surface area contributed by atoms with Gasteiger partial charge >= 0.3 is 6.18 Å². The Labute approximate surface area is 191 Å². The number of alkyl halides is 3. The molecule has 1 aromatic heterocycles. The maximum absolute atomic E-state index is 14.3. The number of hydrogen-bond acceptors (Lipinski definition) is 4. The standard InChI is InChI=1S/C21H24F4N4O3S/c1-4-11-26-20-14(6-9-18(28-20)21(23,24)25)7-10-19(30)27-13(2)15-5-8-17(16(22)12-15)29(3)33(31)32/h5-10,12-13H,4,11H2,1-3H3,(H,26,28)(H,27,30)(H,31,32). The number of halogens is 4. The highest BCUT2D eigenvalue weighted by Gasteiger charge is 2.33. The summed E-state index contributed by atoms with van der Waals surface area (Å²) in [6, 6.07) is 5.40. The van der Waals surface area contributed by atoms with Crippen molar-refractivity contribution in [3.8, 4) is 0 Å². The van der Waals surface area contributed by atoms with Gasteiger partial charge in [0.15, 0.2) is 0 Å². The second-order valence-electron chi connectivity index (χ2n) is 7.06. The molecule has 33 heavy (non-hydrogen) atoms. The first-order chi connectivity index (χ1) is 15.4. The Kier molecular flexibility index (Phi) is 8.94. The molecule has 7 nitrogen and oxygen atoms in total. The van der Waals surface area contributed by atoms with Crippen LogP contribution in [-0.2, 0) is 22.2 Å². The number of benzene rings is 1. The summed E-state index contributed by atoms with van der Waals surface area (Å²) < 4.78 is 74.1. The van der Waals surface area contributed by atoms with Crippen molar-refractivity contribution in [2.24, 2.45) is 0 Å². The van der Waals surface area contributed by atoms with Gasteiger partial charge < -0.3 is 10.6 Å². The van der Waals surface area contributed by atoms with Crippen LogP contribution in [0.4, 0.5) is 29.1 Å². The molecule has 180 valence electrons. The Bertz CT molecular complexity index is 1050. The number of carbonyl (C=O) groups is 1. The van der Waals surface area contributed by atoms with Crippen LogP contribution in [0.3, 0.4) is 0 Å². The van der Waals surface area contributed by atoms with E-state index in [2.05, 4.69) is 15.6 Å². The molecule has 0 aliphatic rings. The molecule has 2 aromatic rings. The molecule has 12 heteroatoms. The summed E-state index contributed by atoms with van der Waals surface area (Å²) in [5.41, 5.74) is -0.413. The summed E-state index contributed by atoms with van der Waals surface area (Å²) >= 11 is -2.39. The number of amides is 1. The second-order valence-corrected chi connectivity index (χ2v) is 8.07. The van der Waals surface area contributed by atoms with E-state index in [0.717, 1.165) is 22.5 Å². The molecule has 1 heterocycles. The Hall–Kier alpha value is -2.99. The lowest BCUT2D eigenvalue weighted by molar-refractivity contribution is -0.141. The van der Waals surface area contributed by atoms with Gasteiger partial charge in [0, 0.05) is 25.2 Å². The molecule has 1 aromatic carbocycles. The summed E-state index contributed by atoms with van der Waals surface area (Å²) in [6.07, 6.45) is -1.45. The van der Waals surface area contributed by atoms with E-state index >= 15 is 0 Å². The summed E-state index contributed by atoms with van der Waals surface area (Å²) in [6.45, 7) is 3.86. The molecule has 0 aliphatic heterocycles. The Morgan fingerprint density at radius 1 is 1.30 bits per heavy atom. The molecular formula is C21H24F4N4O3S. The van der Waals surface area contributed by atoms with Crippen LogP contribution < -0.4 is 14.9 Å². The molecule has 0 fully saturated rings. The van der Waals surface area contributed by atoms with Crippen LogP contribution in [0.15, 0.2) is 36.4 Å². The zero-order valence-electron chi connectivity index (χ0n) is 18.1. The van der Waals surface area contributed by atoms with Gasteiger partial charge in [-0.15, -0.1) is 0 Å². The number of nitrogens with one attached hydrogen (secondary N) is 2. The molecule has 0 bridgehead atoms. The third-order valence-corrected chi connectivity index (χ3v) is 5.24.